The molecule has 96 valence electrons. The molecule has 18 heavy (non-hydrogen) atoms. The highest BCUT2D eigenvalue weighted by atomic mass is 16.6. The Morgan fingerprint density at radius 3 is 3.17 bits per heavy atom. The summed E-state index contributed by atoms with van der Waals surface area (Å²) < 4.78 is 0. The number of nitrogens with zero attached hydrogens (tertiary/aromatic N) is 3. The summed E-state index contributed by atoms with van der Waals surface area (Å²) >= 11 is 0. The van der Waals surface area contributed by atoms with E-state index in [0.29, 0.717) is 17.9 Å². The Hall–Kier alpha value is -1.69. The van der Waals surface area contributed by atoms with Crippen LogP contribution in [0.15, 0.2) is 18.3 Å². The van der Waals surface area contributed by atoms with Gasteiger partial charge in [0.05, 0.1) is 4.92 Å². The van der Waals surface area contributed by atoms with Gasteiger partial charge >= 0.3 is 5.69 Å². The Labute approximate surface area is 105 Å². The number of pyridine rings is 1. The van der Waals surface area contributed by atoms with Crippen molar-refractivity contribution in [2.75, 3.05) is 18.4 Å². The highest BCUT2D eigenvalue weighted by molar-refractivity contribution is 5.56. The van der Waals surface area contributed by atoms with Crippen LogP contribution in [0.1, 0.15) is 19.3 Å². The number of nitro groups is 1. The van der Waals surface area contributed by atoms with E-state index in [2.05, 4.69) is 15.2 Å². The lowest BCUT2D eigenvalue weighted by Gasteiger charge is -2.21. The topological polar surface area (TPSA) is 71.3 Å². The van der Waals surface area contributed by atoms with Gasteiger partial charge in [-0.15, -0.1) is 0 Å². The number of anilines is 1. The number of aromatic nitrogens is 1. The van der Waals surface area contributed by atoms with Crippen LogP contribution in [0.4, 0.5) is 11.5 Å². The van der Waals surface area contributed by atoms with E-state index in [0.717, 1.165) is 19.5 Å². The Balaban J connectivity index is 1.78. The van der Waals surface area contributed by atoms with Gasteiger partial charge in [0.25, 0.3) is 0 Å². The van der Waals surface area contributed by atoms with Crippen LogP contribution < -0.4 is 5.32 Å². The maximum absolute atomic E-state index is 10.9. The molecule has 0 spiro atoms. The van der Waals surface area contributed by atoms with Crippen molar-refractivity contribution in [3.05, 3.63) is 28.4 Å². The Morgan fingerprint density at radius 2 is 2.33 bits per heavy atom. The van der Waals surface area contributed by atoms with E-state index in [4.69, 9.17) is 0 Å². The van der Waals surface area contributed by atoms with Crippen LogP contribution in [0.25, 0.3) is 0 Å². The molecule has 6 heteroatoms. The summed E-state index contributed by atoms with van der Waals surface area (Å²) in [6.07, 6.45) is 5.04. The third-order valence-corrected chi connectivity index (χ3v) is 3.91. The van der Waals surface area contributed by atoms with Crippen LogP contribution in [0.5, 0.6) is 0 Å². The summed E-state index contributed by atoms with van der Waals surface area (Å²) in [5, 5.41) is 14.2. The number of hydrogen-bond donors (Lipinski definition) is 1. The molecule has 2 saturated heterocycles. The summed E-state index contributed by atoms with van der Waals surface area (Å²) in [4.78, 5) is 17.1. The monoisotopic (exact) mass is 248 g/mol. The maximum atomic E-state index is 10.9. The zero-order valence-corrected chi connectivity index (χ0v) is 10.1. The zero-order valence-electron chi connectivity index (χ0n) is 10.1. The van der Waals surface area contributed by atoms with Gasteiger partial charge in [-0.2, -0.15) is 0 Å². The minimum atomic E-state index is -0.378. The summed E-state index contributed by atoms with van der Waals surface area (Å²) in [6.45, 7) is 2.25. The molecule has 6 nitrogen and oxygen atoms in total. The Morgan fingerprint density at radius 1 is 1.44 bits per heavy atom. The van der Waals surface area contributed by atoms with Gasteiger partial charge < -0.3 is 5.32 Å². The van der Waals surface area contributed by atoms with Crippen molar-refractivity contribution in [1.82, 2.24) is 9.88 Å². The molecule has 0 bridgehead atoms. The first-order chi connectivity index (χ1) is 8.75. The Bertz CT molecular complexity index is 465. The molecule has 0 saturated carbocycles. The van der Waals surface area contributed by atoms with E-state index in [-0.39, 0.29) is 10.6 Å². The number of nitrogens with one attached hydrogen (secondary N) is 1. The van der Waals surface area contributed by atoms with Gasteiger partial charge in [-0.25, -0.2) is 4.98 Å². The zero-order chi connectivity index (χ0) is 12.5. The van der Waals surface area contributed by atoms with Gasteiger partial charge in [0.1, 0.15) is 0 Å². The molecule has 0 aliphatic carbocycles. The van der Waals surface area contributed by atoms with Crippen molar-refractivity contribution in [1.29, 1.82) is 0 Å². The summed E-state index contributed by atoms with van der Waals surface area (Å²) in [5.74, 6) is 0.404. The Kier molecular flexibility index (Phi) is 2.87. The second-order valence-corrected chi connectivity index (χ2v) is 4.91. The molecule has 3 rings (SSSR count). The van der Waals surface area contributed by atoms with Gasteiger partial charge in [-0.3, -0.25) is 15.0 Å². The predicted octanol–water partition coefficient (Wildman–Crippen LogP) is 1.64. The molecule has 1 N–H and O–H groups in total. The fourth-order valence-corrected chi connectivity index (χ4v) is 3.08. The van der Waals surface area contributed by atoms with E-state index in [9.17, 15) is 10.1 Å². The number of fused-ring (bicyclic) bond motifs is 1. The van der Waals surface area contributed by atoms with Crippen LogP contribution in [0.2, 0.25) is 0 Å². The fourth-order valence-electron chi connectivity index (χ4n) is 3.08. The first-order valence-corrected chi connectivity index (χ1v) is 6.36. The van der Waals surface area contributed by atoms with Gasteiger partial charge in [0, 0.05) is 30.9 Å². The summed E-state index contributed by atoms with van der Waals surface area (Å²) in [6, 6.07) is 3.91. The molecule has 2 aliphatic rings. The van der Waals surface area contributed by atoms with E-state index in [1.807, 2.05) is 0 Å². The van der Waals surface area contributed by atoms with Crippen LogP contribution >= 0.6 is 0 Å². The second kappa shape index (κ2) is 4.53. The maximum Gasteiger partial charge on any atom is 0.311 e. The minimum Gasteiger partial charge on any atom is -0.360 e. The van der Waals surface area contributed by atoms with Crippen LogP contribution in [-0.4, -0.2) is 40.0 Å². The third kappa shape index (κ3) is 1.92. The van der Waals surface area contributed by atoms with E-state index in [1.165, 1.54) is 18.9 Å². The molecule has 1 aromatic heterocycles. The van der Waals surface area contributed by atoms with E-state index < -0.39 is 0 Å². The molecule has 3 heterocycles. The van der Waals surface area contributed by atoms with Crippen molar-refractivity contribution in [3.8, 4) is 0 Å². The smallest absolute Gasteiger partial charge is 0.311 e. The lowest BCUT2D eigenvalue weighted by atomic mass is 10.1. The molecular formula is C12H16N4O2. The van der Waals surface area contributed by atoms with E-state index >= 15 is 0 Å². The molecule has 0 aromatic carbocycles. The molecule has 1 aromatic rings. The third-order valence-electron chi connectivity index (χ3n) is 3.91. The molecule has 2 unspecified atom stereocenters. The average Bonchev–Trinajstić information content (AvgIpc) is 2.94. The molecule has 0 amide bonds. The van der Waals surface area contributed by atoms with Crippen LogP contribution in [0, 0.1) is 10.1 Å². The SMILES string of the molecule is O=[N+]([O-])c1cccnc1NC1CCN2CCCC12. The quantitative estimate of drug-likeness (QED) is 0.650. The molecule has 2 aliphatic heterocycles. The average molecular weight is 248 g/mol. The lowest BCUT2D eigenvalue weighted by Crippen LogP contribution is -2.34. The second-order valence-electron chi connectivity index (χ2n) is 4.91. The molecule has 2 fully saturated rings. The minimum absolute atomic E-state index is 0.0638. The summed E-state index contributed by atoms with van der Waals surface area (Å²) in [5.41, 5.74) is 0.0638. The van der Waals surface area contributed by atoms with Crippen molar-refractivity contribution < 1.29 is 4.92 Å². The standard InChI is InChI=1S/C12H16N4O2/c17-16(18)11-3-1-6-13-12(11)14-9-5-8-15-7-2-4-10(9)15/h1,3,6,9-10H,2,4-5,7-8H2,(H,13,14). The number of rotatable bonds is 3. The van der Waals surface area contributed by atoms with Gasteiger partial charge in [-0.1, -0.05) is 0 Å². The van der Waals surface area contributed by atoms with Crippen molar-refractivity contribution in [2.45, 2.75) is 31.3 Å². The fraction of sp³-hybridized carbons (Fsp3) is 0.583. The highest BCUT2D eigenvalue weighted by Gasteiger charge is 2.37. The van der Waals surface area contributed by atoms with Crippen molar-refractivity contribution in [3.63, 3.8) is 0 Å². The largest absolute Gasteiger partial charge is 0.360 e. The van der Waals surface area contributed by atoms with Crippen molar-refractivity contribution >= 4 is 11.5 Å². The molecular weight excluding hydrogens is 232 g/mol. The normalized spacial score (nSPS) is 27.1. The van der Waals surface area contributed by atoms with Gasteiger partial charge in [-0.05, 0) is 31.9 Å². The van der Waals surface area contributed by atoms with E-state index in [1.54, 1.807) is 12.3 Å². The summed E-state index contributed by atoms with van der Waals surface area (Å²) in [7, 11) is 0. The van der Waals surface area contributed by atoms with Crippen LogP contribution in [0.3, 0.4) is 0 Å². The number of hydrogen-bond acceptors (Lipinski definition) is 5. The van der Waals surface area contributed by atoms with Crippen LogP contribution in [-0.2, 0) is 0 Å². The molecule has 2 atom stereocenters. The van der Waals surface area contributed by atoms with Crippen molar-refractivity contribution in [2.24, 2.45) is 0 Å². The predicted molar refractivity (Wildman–Crippen MR) is 67.5 cm³/mol. The highest BCUT2D eigenvalue weighted by Crippen LogP contribution is 2.31. The lowest BCUT2D eigenvalue weighted by molar-refractivity contribution is -0.384. The van der Waals surface area contributed by atoms with Gasteiger partial charge in [0.2, 0.25) is 5.82 Å². The first kappa shape index (κ1) is 11.4. The van der Waals surface area contributed by atoms with Gasteiger partial charge in [0.15, 0.2) is 0 Å². The molecule has 0 radical (unpaired) electrons. The first-order valence-electron chi connectivity index (χ1n) is 6.36.